The smallest absolute Gasteiger partial charge is 0.238 e. The predicted molar refractivity (Wildman–Crippen MR) is 88.9 cm³/mol. The number of benzene rings is 1. The first-order valence-electron chi connectivity index (χ1n) is 7.85. The molecule has 6 heteroatoms. The lowest BCUT2D eigenvalue weighted by molar-refractivity contribution is -0.117. The summed E-state index contributed by atoms with van der Waals surface area (Å²) in [6.07, 6.45) is 0. The van der Waals surface area contributed by atoms with Gasteiger partial charge in [0.15, 0.2) is 0 Å². The second-order valence-electron chi connectivity index (χ2n) is 5.49. The molecule has 1 amide bonds. The van der Waals surface area contributed by atoms with Crippen LogP contribution in [0, 0.1) is 0 Å². The minimum absolute atomic E-state index is 0.00775. The summed E-state index contributed by atoms with van der Waals surface area (Å²) < 4.78 is 5.37. The Kier molecular flexibility index (Phi) is 6.64. The second kappa shape index (κ2) is 8.73. The fourth-order valence-corrected chi connectivity index (χ4v) is 2.53. The molecule has 1 fully saturated rings. The van der Waals surface area contributed by atoms with E-state index in [1.54, 1.807) is 12.1 Å². The Morgan fingerprint density at radius 1 is 1.27 bits per heavy atom. The van der Waals surface area contributed by atoms with E-state index >= 15 is 0 Å². The maximum absolute atomic E-state index is 12.1. The van der Waals surface area contributed by atoms with Crippen LogP contribution in [0.15, 0.2) is 24.3 Å². The van der Waals surface area contributed by atoms with E-state index in [2.05, 4.69) is 15.1 Å². The molecular formula is C16H26N4O2. The van der Waals surface area contributed by atoms with Gasteiger partial charge in [0.05, 0.1) is 13.2 Å². The van der Waals surface area contributed by atoms with Gasteiger partial charge in [0.25, 0.3) is 0 Å². The molecular weight excluding hydrogens is 280 g/mol. The highest BCUT2D eigenvalue weighted by atomic mass is 16.5. The molecule has 1 aromatic rings. The second-order valence-corrected chi connectivity index (χ2v) is 5.49. The molecule has 0 saturated carbocycles. The summed E-state index contributed by atoms with van der Waals surface area (Å²) in [6, 6.07) is 7.25. The van der Waals surface area contributed by atoms with Crippen molar-refractivity contribution in [2.24, 2.45) is 0 Å². The van der Waals surface area contributed by atoms with Crippen LogP contribution >= 0.6 is 0 Å². The van der Waals surface area contributed by atoms with Gasteiger partial charge in [-0.1, -0.05) is 6.07 Å². The molecule has 0 unspecified atom stereocenters. The molecule has 6 nitrogen and oxygen atoms in total. The zero-order valence-corrected chi connectivity index (χ0v) is 13.3. The standard InChI is InChI=1S/C16H26N4O2/c1-2-22-11-10-19-6-8-20(9-7-19)13-16(21)18-15-5-3-4-14(17)12-15/h3-5,12H,2,6-11,13,17H2,1H3,(H,18,21). The van der Waals surface area contributed by atoms with Crippen molar-refractivity contribution in [2.45, 2.75) is 6.92 Å². The first-order chi connectivity index (χ1) is 10.7. The number of nitrogens with zero attached hydrogens (tertiary/aromatic N) is 2. The third-order valence-electron chi connectivity index (χ3n) is 3.76. The fraction of sp³-hybridized carbons (Fsp3) is 0.562. The third-order valence-corrected chi connectivity index (χ3v) is 3.76. The largest absolute Gasteiger partial charge is 0.399 e. The number of amides is 1. The van der Waals surface area contributed by atoms with E-state index < -0.39 is 0 Å². The summed E-state index contributed by atoms with van der Waals surface area (Å²) in [5, 5.41) is 2.89. The van der Waals surface area contributed by atoms with E-state index in [4.69, 9.17) is 10.5 Å². The molecule has 0 spiro atoms. The lowest BCUT2D eigenvalue weighted by Crippen LogP contribution is -2.49. The monoisotopic (exact) mass is 306 g/mol. The lowest BCUT2D eigenvalue weighted by atomic mass is 10.2. The molecule has 2 rings (SSSR count). The molecule has 0 aliphatic carbocycles. The zero-order chi connectivity index (χ0) is 15.8. The summed E-state index contributed by atoms with van der Waals surface area (Å²) in [7, 11) is 0. The van der Waals surface area contributed by atoms with Gasteiger partial charge >= 0.3 is 0 Å². The number of piperazine rings is 1. The third kappa shape index (κ3) is 5.63. The van der Waals surface area contributed by atoms with Gasteiger partial charge in [-0.15, -0.1) is 0 Å². The Hall–Kier alpha value is -1.63. The van der Waals surface area contributed by atoms with Crippen molar-refractivity contribution in [1.82, 2.24) is 9.80 Å². The van der Waals surface area contributed by atoms with Gasteiger partial charge in [0.2, 0.25) is 5.91 Å². The van der Waals surface area contributed by atoms with Crippen molar-refractivity contribution in [3.8, 4) is 0 Å². The van der Waals surface area contributed by atoms with E-state index in [1.165, 1.54) is 0 Å². The van der Waals surface area contributed by atoms with E-state index in [0.29, 0.717) is 12.2 Å². The Morgan fingerprint density at radius 3 is 2.68 bits per heavy atom. The van der Waals surface area contributed by atoms with Crippen LogP contribution in [0.4, 0.5) is 11.4 Å². The fourth-order valence-electron chi connectivity index (χ4n) is 2.53. The number of rotatable bonds is 7. The number of hydrogen-bond acceptors (Lipinski definition) is 5. The van der Waals surface area contributed by atoms with E-state index in [1.807, 2.05) is 19.1 Å². The predicted octanol–water partition coefficient (Wildman–Crippen LogP) is 0.861. The summed E-state index contributed by atoms with van der Waals surface area (Å²) in [5.41, 5.74) is 7.11. The van der Waals surface area contributed by atoms with Crippen LogP contribution in [-0.4, -0.2) is 68.2 Å². The number of hydrogen-bond donors (Lipinski definition) is 2. The molecule has 22 heavy (non-hydrogen) atoms. The minimum Gasteiger partial charge on any atom is -0.399 e. The number of ether oxygens (including phenoxy) is 1. The van der Waals surface area contributed by atoms with Crippen LogP contribution < -0.4 is 11.1 Å². The zero-order valence-electron chi connectivity index (χ0n) is 13.3. The van der Waals surface area contributed by atoms with Crippen molar-refractivity contribution < 1.29 is 9.53 Å². The van der Waals surface area contributed by atoms with E-state index in [-0.39, 0.29) is 5.91 Å². The maximum atomic E-state index is 12.1. The number of anilines is 2. The number of carbonyl (C=O) groups excluding carboxylic acids is 1. The summed E-state index contributed by atoms with van der Waals surface area (Å²) in [4.78, 5) is 16.6. The molecule has 122 valence electrons. The van der Waals surface area contributed by atoms with Crippen molar-refractivity contribution >= 4 is 17.3 Å². The van der Waals surface area contributed by atoms with Crippen LogP contribution in [0.2, 0.25) is 0 Å². The van der Waals surface area contributed by atoms with Gasteiger partial charge in [-0.2, -0.15) is 0 Å². The molecule has 0 aromatic heterocycles. The Morgan fingerprint density at radius 2 is 2.00 bits per heavy atom. The molecule has 1 aromatic carbocycles. The maximum Gasteiger partial charge on any atom is 0.238 e. The molecule has 1 saturated heterocycles. The first kappa shape index (κ1) is 16.7. The molecule has 0 bridgehead atoms. The quantitative estimate of drug-likeness (QED) is 0.577. The van der Waals surface area contributed by atoms with Gasteiger partial charge in [-0.3, -0.25) is 14.6 Å². The molecule has 1 aliphatic rings. The molecule has 1 heterocycles. The van der Waals surface area contributed by atoms with Gasteiger partial charge in [-0.25, -0.2) is 0 Å². The van der Waals surface area contributed by atoms with Gasteiger partial charge < -0.3 is 15.8 Å². The number of nitrogens with two attached hydrogens (primary N) is 1. The lowest BCUT2D eigenvalue weighted by Gasteiger charge is -2.34. The van der Waals surface area contributed by atoms with Crippen molar-refractivity contribution in [3.05, 3.63) is 24.3 Å². The molecule has 1 aliphatic heterocycles. The summed E-state index contributed by atoms with van der Waals surface area (Å²) in [5.74, 6) is 0.00775. The Bertz CT molecular complexity index is 473. The first-order valence-corrected chi connectivity index (χ1v) is 7.85. The van der Waals surface area contributed by atoms with Crippen LogP contribution in [0.5, 0.6) is 0 Å². The van der Waals surface area contributed by atoms with E-state index in [9.17, 15) is 4.79 Å². The Balaban J connectivity index is 1.68. The molecule has 0 radical (unpaired) electrons. The van der Waals surface area contributed by atoms with Gasteiger partial charge in [-0.05, 0) is 25.1 Å². The van der Waals surface area contributed by atoms with Crippen LogP contribution in [0.1, 0.15) is 6.92 Å². The average molecular weight is 306 g/mol. The topological polar surface area (TPSA) is 70.8 Å². The van der Waals surface area contributed by atoms with Gasteiger partial charge in [0.1, 0.15) is 0 Å². The highest BCUT2D eigenvalue weighted by molar-refractivity contribution is 5.92. The SMILES string of the molecule is CCOCCN1CCN(CC(=O)Nc2cccc(N)c2)CC1. The number of nitrogens with one attached hydrogen (secondary N) is 1. The van der Waals surface area contributed by atoms with Crippen molar-refractivity contribution in [3.63, 3.8) is 0 Å². The normalized spacial score (nSPS) is 16.6. The molecule has 0 atom stereocenters. The average Bonchev–Trinajstić information content (AvgIpc) is 2.49. The highest BCUT2D eigenvalue weighted by Gasteiger charge is 2.18. The number of nitrogen functional groups attached to an aromatic ring is 1. The van der Waals surface area contributed by atoms with Crippen LogP contribution in [0.3, 0.4) is 0 Å². The van der Waals surface area contributed by atoms with Crippen molar-refractivity contribution in [1.29, 1.82) is 0 Å². The molecule has 3 N–H and O–H groups in total. The highest BCUT2D eigenvalue weighted by Crippen LogP contribution is 2.11. The van der Waals surface area contributed by atoms with Crippen LogP contribution in [0.25, 0.3) is 0 Å². The Labute approximate surface area is 132 Å². The summed E-state index contributed by atoms with van der Waals surface area (Å²) in [6.45, 7) is 8.75. The van der Waals surface area contributed by atoms with Gasteiger partial charge in [0, 0.05) is 50.7 Å². The van der Waals surface area contributed by atoms with Crippen LogP contribution in [-0.2, 0) is 9.53 Å². The number of carbonyl (C=O) groups is 1. The van der Waals surface area contributed by atoms with E-state index in [0.717, 1.165) is 51.6 Å². The van der Waals surface area contributed by atoms with Crippen molar-refractivity contribution in [2.75, 3.05) is 63.5 Å². The minimum atomic E-state index is 0.00775. The summed E-state index contributed by atoms with van der Waals surface area (Å²) >= 11 is 0.